The second-order valence-electron chi connectivity index (χ2n) is 6.76. The van der Waals surface area contributed by atoms with E-state index in [1.165, 1.54) is 12.1 Å². The van der Waals surface area contributed by atoms with Gasteiger partial charge in [0.25, 0.3) is 5.91 Å². The number of halogens is 4. The molecule has 2 aromatic carbocycles. The van der Waals surface area contributed by atoms with Crippen LogP contribution < -0.4 is 10.1 Å². The van der Waals surface area contributed by atoms with Gasteiger partial charge in [0.1, 0.15) is 12.4 Å². The van der Waals surface area contributed by atoms with Crippen LogP contribution in [0.3, 0.4) is 0 Å². The number of nitrogens with one attached hydrogen (secondary N) is 1. The molecule has 2 aromatic heterocycles. The Kier molecular flexibility index (Phi) is 7.10. The first kappa shape index (κ1) is 22.7. The van der Waals surface area contributed by atoms with E-state index >= 15 is 0 Å². The van der Waals surface area contributed by atoms with Crippen LogP contribution in [0.2, 0.25) is 15.1 Å². The average molecular weight is 556 g/mol. The molecule has 0 aliphatic rings. The van der Waals surface area contributed by atoms with Gasteiger partial charge in [0.2, 0.25) is 0 Å². The molecule has 1 amide bonds. The third kappa shape index (κ3) is 5.66. The van der Waals surface area contributed by atoms with E-state index < -0.39 is 0 Å². The Hall–Kier alpha value is -2.45. The number of nitrogens with zero attached hydrogens (tertiary/aromatic N) is 2. The van der Waals surface area contributed by atoms with Gasteiger partial charge in [-0.3, -0.25) is 9.48 Å². The van der Waals surface area contributed by atoms with Crippen LogP contribution in [-0.4, -0.2) is 15.7 Å². The van der Waals surface area contributed by atoms with Crippen molar-refractivity contribution in [2.24, 2.45) is 0 Å². The molecule has 6 nitrogen and oxygen atoms in total. The summed E-state index contributed by atoms with van der Waals surface area (Å²) in [5.74, 6) is 0.507. The lowest BCUT2D eigenvalue weighted by molar-refractivity contribution is 0.0992. The molecule has 1 N–H and O–H groups in total. The molecule has 4 aromatic rings. The molecular weight excluding hydrogens is 541 g/mol. The number of aromatic nitrogens is 2. The van der Waals surface area contributed by atoms with Crippen LogP contribution in [0.15, 0.2) is 69.8 Å². The van der Waals surface area contributed by atoms with Crippen molar-refractivity contribution in [3.63, 3.8) is 0 Å². The molecule has 164 valence electrons. The first-order valence-corrected chi connectivity index (χ1v) is 11.2. The SMILES string of the molecule is O=C(Nc1cccc(Cn2cc(Br)cn2)c1)c1ccc(COc2c(Cl)cc(Cl)cc2Cl)o1. The normalized spacial score (nSPS) is 10.9. The van der Waals surface area contributed by atoms with Gasteiger partial charge >= 0.3 is 0 Å². The summed E-state index contributed by atoms with van der Waals surface area (Å²) in [7, 11) is 0. The maximum absolute atomic E-state index is 12.6. The number of hydrogen-bond donors (Lipinski definition) is 1. The zero-order valence-corrected chi connectivity index (χ0v) is 20.2. The van der Waals surface area contributed by atoms with Crippen molar-refractivity contribution in [1.29, 1.82) is 0 Å². The van der Waals surface area contributed by atoms with Crippen molar-refractivity contribution < 1.29 is 13.9 Å². The maximum atomic E-state index is 12.6. The number of furan rings is 1. The minimum absolute atomic E-state index is 0.0449. The van der Waals surface area contributed by atoms with Crippen LogP contribution in [0.1, 0.15) is 21.9 Å². The Morgan fingerprint density at radius 2 is 1.91 bits per heavy atom. The molecule has 0 aliphatic carbocycles. The molecule has 0 radical (unpaired) electrons. The van der Waals surface area contributed by atoms with Crippen LogP contribution in [0.25, 0.3) is 0 Å². The lowest BCUT2D eigenvalue weighted by Gasteiger charge is -2.09. The number of carbonyl (C=O) groups is 1. The number of carbonyl (C=O) groups excluding carboxylic acids is 1. The van der Waals surface area contributed by atoms with Gasteiger partial charge in [0, 0.05) is 16.9 Å². The molecule has 0 aliphatic heterocycles. The fraction of sp³-hybridized carbons (Fsp3) is 0.0909. The van der Waals surface area contributed by atoms with E-state index in [2.05, 4.69) is 26.3 Å². The van der Waals surface area contributed by atoms with E-state index in [0.29, 0.717) is 28.8 Å². The molecule has 0 fully saturated rings. The molecule has 0 atom stereocenters. The van der Waals surface area contributed by atoms with Crippen molar-refractivity contribution in [2.45, 2.75) is 13.2 Å². The quantitative estimate of drug-likeness (QED) is 0.265. The van der Waals surface area contributed by atoms with Gasteiger partial charge in [-0.15, -0.1) is 0 Å². The number of ether oxygens (including phenoxy) is 1. The molecule has 0 saturated carbocycles. The van der Waals surface area contributed by atoms with E-state index in [1.807, 2.05) is 24.4 Å². The lowest BCUT2D eigenvalue weighted by atomic mass is 10.2. The molecule has 10 heteroatoms. The van der Waals surface area contributed by atoms with Gasteiger partial charge in [-0.2, -0.15) is 5.10 Å². The summed E-state index contributed by atoms with van der Waals surface area (Å²) < 4.78 is 13.9. The number of benzene rings is 2. The van der Waals surface area contributed by atoms with E-state index in [4.69, 9.17) is 44.0 Å². The third-order valence-electron chi connectivity index (χ3n) is 4.34. The van der Waals surface area contributed by atoms with Crippen molar-refractivity contribution in [1.82, 2.24) is 9.78 Å². The second-order valence-corrected chi connectivity index (χ2v) is 8.93. The monoisotopic (exact) mass is 553 g/mol. The highest BCUT2D eigenvalue weighted by molar-refractivity contribution is 9.10. The summed E-state index contributed by atoms with van der Waals surface area (Å²) in [6, 6.07) is 13.8. The van der Waals surface area contributed by atoms with Crippen molar-refractivity contribution >= 4 is 62.3 Å². The summed E-state index contributed by atoms with van der Waals surface area (Å²) in [4.78, 5) is 12.6. The Bertz CT molecular complexity index is 1250. The molecule has 2 heterocycles. The standard InChI is InChI=1S/C22H15BrCl3N3O3/c23-14-9-27-29(11-14)10-13-2-1-3-16(6-13)28-22(30)20-5-4-17(32-20)12-31-21-18(25)7-15(24)8-19(21)26/h1-9,11H,10,12H2,(H,28,30). The van der Waals surface area contributed by atoms with Crippen molar-refractivity contribution in [3.8, 4) is 5.75 Å². The number of amides is 1. The largest absolute Gasteiger partial charge is 0.483 e. The molecule has 0 saturated heterocycles. The fourth-order valence-electron chi connectivity index (χ4n) is 2.94. The van der Waals surface area contributed by atoms with E-state index in [1.54, 1.807) is 29.1 Å². The third-order valence-corrected chi connectivity index (χ3v) is 5.53. The maximum Gasteiger partial charge on any atom is 0.291 e. The molecule has 0 bridgehead atoms. The Morgan fingerprint density at radius 3 is 2.62 bits per heavy atom. The summed E-state index contributed by atoms with van der Waals surface area (Å²) in [5.41, 5.74) is 1.64. The Labute approximate surface area is 207 Å². The number of rotatable bonds is 7. The van der Waals surface area contributed by atoms with Crippen LogP contribution in [-0.2, 0) is 13.2 Å². The highest BCUT2D eigenvalue weighted by Gasteiger charge is 2.14. The van der Waals surface area contributed by atoms with Crippen molar-refractivity contribution in [2.75, 3.05) is 5.32 Å². The van der Waals surface area contributed by atoms with Gasteiger partial charge in [-0.05, 0) is 57.9 Å². The van der Waals surface area contributed by atoms with Gasteiger partial charge < -0.3 is 14.5 Å². The number of hydrogen-bond acceptors (Lipinski definition) is 4. The molecule has 4 rings (SSSR count). The zero-order valence-electron chi connectivity index (χ0n) is 16.3. The predicted molar refractivity (Wildman–Crippen MR) is 128 cm³/mol. The van der Waals surface area contributed by atoms with Gasteiger partial charge in [0.15, 0.2) is 11.5 Å². The molecular formula is C22H15BrCl3N3O3. The summed E-state index contributed by atoms with van der Waals surface area (Å²) in [6.45, 7) is 0.622. The highest BCUT2D eigenvalue weighted by atomic mass is 79.9. The molecule has 32 heavy (non-hydrogen) atoms. The highest BCUT2D eigenvalue weighted by Crippen LogP contribution is 2.36. The summed E-state index contributed by atoms with van der Waals surface area (Å²) >= 11 is 21.5. The van der Waals surface area contributed by atoms with Gasteiger partial charge in [0.05, 0.1) is 27.3 Å². The minimum Gasteiger partial charge on any atom is -0.483 e. The lowest BCUT2D eigenvalue weighted by Crippen LogP contribution is -2.11. The number of anilines is 1. The van der Waals surface area contributed by atoms with Crippen molar-refractivity contribution in [3.05, 3.63) is 97.5 Å². The first-order chi connectivity index (χ1) is 15.4. The second kappa shape index (κ2) is 10.0. The first-order valence-electron chi connectivity index (χ1n) is 9.31. The van der Waals surface area contributed by atoms with Crippen LogP contribution >= 0.6 is 50.7 Å². The van der Waals surface area contributed by atoms with Gasteiger partial charge in [-0.25, -0.2) is 0 Å². The smallest absolute Gasteiger partial charge is 0.291 e. The Balaban J connectivity index is 1.38. The minimum atomic E-state index is -0.377. The van der Waals surface area contributed by atoms with E-state index in [9.17, 15) is 4.79 Å². The Morgan fingerprint density at radius 1 is 1.12 bits per heavy atom. The summed E-state index contributed by atoms with van der Waals surface area (Å²) in [5, 5.41) is 8.05. The average Bonchev–Trinajstić information content (AvgIpc) is 3.36. The van der Waals surface area contributed by atoms with E-state index in [0.717, 1.165) is 10.0 Å². The zero-order chi connectivity index (χ0) is 22.7. The van der Waals surface area contributed by atoms with Crippen LogP contribution in [0.4, 0.5) is 5.69 Å². The fourth-order valence-corrected chi connectivity index (χ4v) is 4.19. The molecule has 0 unspecified atom stereocenters. The van der Waals surface area contributed by atoms with Crippen LogP contribution in [0.5, 0.6) is 5.75 Å². The summed E-state index contributed by atoms with van der Waals surface area (Å²) in [6.07, 6.45) is 3.60. The van der Waals surface area contributed by atoms with Crippen LogP contribution in [0, 0.1) is 0 Å². The topological polar surface area (TPSA) is 69.3 Å². The predicted octanol–water partition coefficient (Wildman–Crippen LogP) is 7.08. The van der Waals surface area contributed by atoms with E-state index in [-0.39, 0.29) is 28.3 Å². The molecule has 0 spiro atoms. The van der Waals surface area contributed by atoms with Gasteiger partial charge in [-0.1, -0.05) is 46.9 Å².